The lowest BCUT2D eigenvalue weighted by molar-refractivity contribution is 0.0744. The molecular weight excluding hydrogens is 349 g/mol. The molecule has 144 valence electrons. The zero-order chi connectivity index (χ0) is 18.8. The second-order valence-corrected chi connectivity index (χ2v) is 7.44. The van der Waals surface area contributed by atoms with Crippen molar-refractivity contribution in [1.29, 1.82) is 0 Å². The average Bonchev–Trinajstić information content (AvgIpc) is 3.33. The van der Waals surface area contributed by atoms with E-state index in [1.165, 1.54) is 6.07 Å². The largest absolute Gasteiger partial charge is 0.393 e. The first-order valence-electron chi connectivity index (χ1n) is 9.50. The Kier molecular flexibility index (Phi) is 5.22. The monoisotopic (exact) mass is 373 g/mol. The van der Waals surface area contributed by atoms with Crippen LogP contribution in [0.4, 0.5) is 4.39 Å². The van der Waals surface area contributed by atoms with E-state index in [0.717, 1.165) is 32.4 Å². The van der Waals surface area contributed by atoms with Crippen molar-refractivity contribution in [3.8, 4) is 0 Å². The number of nitrogens with zero attached hydrogens (tertiary/aromatic N) is 3. The number of aliphatic hydroxyl groups excluding tert-OH is 1. The van der Waals surface area contributed by atoms with Crippen LogP contribution in [-0.4, -0.2) is 58.3 Å². The number of aromatic nitrogens is 1. The van der Waals surface area contributed by atoms with Gasteiger partial charge in [0.25, 0.3) is 5.91 Å². The fourth-order valence-corrected chi connectivity index (χ4v) is 3.95. The van der Waals surface area contributed by atoms with Crippen molar-refractivity contribution in [2.45, 2.75) is 37.8 Å². The normalized spacial score (nSPS) is 21.7. The molecule has 0 radical (unpaired) electrons. The molecule has 0 saturated carbocycles. The topological polar surface area (TPSA) is 69.8 Å². The van der Waals surface area contributed by atoms with Gasteiger partial charge in [0.1, 0.15) is 5.82 Å². The van der Waals surface area contributed by atoms with E-state index >= 15 is 0 Å². The predicted octanol–water partition coefficient (Wildman–Crippen LogP) is 2.40. The maximum absolute atomic E-state index is 14.0. The van der Waals surface area contributed by atoms with E-state index in [1.54, 1.807) is 23.1 Å². The summed E-state index contributed by atoms with van der Waals surface area (Å²) in [5, 5.41) is 13.5. The molecule has 2 fully saturated rings. The van der Waals surface area contributed by atoms with E-state index < -0.39 is 0 Å². The van der Waals surface area contributed by atoms with Crippen molar-refractivity contribution in [1.82, 2.24) is 15.0 Å². The maximum Gasteiger partial charge on any atom is 0.276 e. The van der Waals surface area contributed by atoms with Crippen molar-refractivity contribution >= 4 is 5.91 Å². The van der Waals surface area contributed by atoms with E-state index in [9.17, 15) is 14.3 Å². The number of benzene rings is 1. The Morgan fingerprint density at radius 3 is 2.78 bits per heavy atom. The Morgan fingerprint density at radius 2 is 2.00 bits per heavy atom. The second kappa shape index (κ2) is 7.78. The van der Waals surface area contributed by atoms with Crippen LogP contribution in [0.15, 0.2) is 34.9 Å². The molecule has 7 heteroatoms. The standard InChI is InChI=1S/C20H24FN3O3/c21-18-4-2-1-3-17(18)14-5-10-24(12-14)20(26)19-11-16(27-22-19)13-23-8-6-15(25)7-9-23/h1-4,11,14-15,25H,5-10,12-13H2/t14-/m1/s1. The number of likely N-dealkylation sites (tertiary alicyclic amines) is 2. The van der Waals surface area contributed by atoms with Gasteiger partial charge < -0.3 is 14.5 Å². The highest BCUT2D eigenvalue weighted by Crippen LogP contribution is 2.29. The quantitative estimate of drug-likeness (QED) is 0.891. The van der Waals surface area contributed by atoms with E-state index in [2.05, 4.69) is 10.1 Å². The van der Waals surface area contributed by atoms with Crippen LogP contribution in [0.25, 0.3) is 0 Å². The molecule has 0 aliphatic carbocycles. The second-order valence-electron chi connectivity index (χ2n) is 7.44. The van der Waals surface area contributed by atoms with E-state index in [0.29, 0.717) is 36.7 Å². The van der Waals surface area contributed by atoms with Gasteiger partial charge in [-0.15, -0.1) is 0 Å². The van der Waals surface area contributed by atoms with Crippen LogP contribution < -0.4 is 0 Å². The van der Waals surface area contributed by atoms with Gasteiger partial charge in [0.05, 0.1) is 12.6 Å². The number of amides is 1. The summed E-state index contributed by atoms with van der Waals surface area (Å²) in [5.41, 5.74) is 0.970. The Hall–Kier alpha value is -2.25. The molecule has 1 aromatic heterocycles. The number of hydrogen-bond acceptors (Lipinski definition) is 5. The summed E-state index contributed by atoms with van der Waals surface area (Å²) < 4.78 is 19.3. The third-order valence-electron chi connectivity index (χ3n) is 5.54. The Morgan fingerprint density at radius 1 is 1.22 bits per heavy atom. The molecular formula is C20H24FN3O3. The third-order valence-corrected chi connectivity index (χ3v) is 5.54. The molecule has 27 heavy (non-hydrogen) atoms. The maximum atomic E-state index is 14.0. The summed E-state index contributed by atoms with van der Waals surface area (Å²) in [4.78, 5) is 16.6. The minimum absolute atomic E-state index is 0.0151. The van der Waals surface area contributed by atoms with Gasteiger partial charge in [0.2, 0.25) is 0 Å². The molecule has 0 spiro atoms. The molecule has 1 aromatic carbocycles. The lowest BCUT2D eigenvalue weighted by atomic mass is 9.98. The summed E-state index contributed by atoms with van der Waals surface area (Å²) in [7, 11) is 0. The number of hydrogen-bond donors (Lipinski definition) is 1. The van der Waals surface area contributed by atoms with Crippen LogP contribution in [0.5, 0.6) is 0 Å². The number of halogens is 1. The number of carbonyl (C=O) groups excluding carboxylic acids is 1. The van der Waals surface area contributed by atoms with Gasteiger partial charge in [0.15, 0.2) is 11.5 Å². The summed E-state index contributed by atoms with van der Waals surface area (Å²) in [5.74, 6) is 0.283. The highest BCUT2D eigenvalue weighted by atomic mass is 19.1. The first-order chi connectivity index (χ1) is 13.1. The highest BCUT2D eigenvalue weighted by molar-refractivity contribution is 5.92. The summed E-state index contributed by atoms with van der Waals surface area (Å²) in [6, 6.07) is 8.45. The third kappa shape index (κ3) is 4.04. The van der Waals surface area contributed by atoms with Crippen molar-refractivity contribution in [2.24, 2.45) is 0 Å². The highest BCUT2D eigenvalue weighted by Gasteiger charge is 2.31. The van der Waals surface area contributed by atoms with Crippen LogP contribution in [0.3, 0.4) is 0 Å². The molecule has 4 rings (SSSR count). The predicted molar refractivity (Wildman–Crippen MR) is 96.7 cm³/mol. The Bertz CT molecular complexity index is 801. The molecule has 0 bridgehead atoms. The average molecular weight is 373 g/mol. The molecule has 2 aromatic rings. The molecule has 1 atom stereocenters. The number of aliphatic hydroxyl groups is 1. The van der Waals surface area contributed by atoms with Crippen LogP contribution in [0.2, 0.25) is 0 Å². The van der Waals surface area contributed by atoms with Gasteiger partial charge in [-0.1, -0.05) is 23.4 Å². The molecule has 2 saturated heterocycles. The van der Waals surface area contributed by atoms with Crippen LogP contribution >= 0.6 is 0 Å². The molecule has 1 amide bonds. The van der Waals surface area contributed by atoms with Crippen molar-refractivity contribution in [3.05, 3.63) is 53.2 Å². The van der Waals surface area contributed by atoms with Crippen LogP contribution in [0, 0.1) is 5.82 Å². The summed E-state index contributed by atoms with van der Waals surface area (Å²) >= 11 is 0. The van der Waals surface area contributed by atoms with Gasteiger partial charge >= 0.3 is 0 Å². The minimum Gasteiger partial charge on any atom is -0.393 e. The molecule has 3 heterocycles. The van der Waals surface area contributed by atoms with E-state index in [1.807, 2.05) is 6.07 Å². The van der Waals surface area contributed by atoms with E-state index in [4.69, 9.17) is 4.52 Å². The van der Waals surface area contributed by atoms with Gasteiger partial charge in [-0.05, 0) is 30.9 Å². The van der Waals surface area contributed by atoms with Crippen molar-refractivity contribution in [3.63, 3.8) is 0 Å². The Labute approximate surface area is 157 Å². The van der Waals surface area contributed by atoms with Crippen molar-refractivity contribution < 1.29 is 18.8 Å². The van der Waals surface area contributed by atoms with Gasteiger partial charge in [-0.2, -0.15) is 0 Å². The first kappa shape index (κ1) is 18.1. The van der Waals surface area contributed by atoms with Crippen LogP contribution in [0.1, 0.15) is 47.0 Å². The van der Waals surface area contributed by atoms with Gasteiger partial charge in [-0.25, -0.2) is 4.39 Å². The SMILES string of the molecule is O=C(c1cc(CN2CCC(O)CC2)on1)N1CC[C@@H](c2ccccc2F)C1. The number of rotatable bonds is 4. The summed E-state index contributed by atoms with van der Waals surface area (Å²) in [6.07, 6.45) is 2.04. The molecule has 2 aliphatic rings. The smallest absolute Gasteiger partial charge is 0.276 e. The molecule has 0 unspecified atom stereocenters. The minimum atomic E-state index is -0.217. The number of carbonyl (C=O) groups is 1. The van der Waals surface area contributed by atoms with Gasteiger partial charge in [0, 0.05) is 38.2 Å². The lowest BCUT2D eigenvalue weighted by Gasteiger charge is -2.28. The fourth-order valence-electron chi connectivity index (χ4n) is 3.95. The van der Waals surface area contributed by atoms with E-state index in [-0.39, 0.29) is 23.7 Å². The van der Waals surface area contributed by atoms with Crippen molar-refractivity contribution in [2.75, 3.05) is 26.2 Å². The Balaban J connectivity index is 1.36. The summed E-state index contributed by atoms with van der Waals surface area (Å²) in [6.45, 7) is 3.28. The van der Waals surface area contributed by atoms with Gasteiger partial charge in [-0.3, -0.25) is 9.69 Å². The zero-order valence-corrected chi connectivity index (χ0v) is 15.2. The molecule has 6 nitrogen and oxygen atoms in total. The molecule has 2 aliphatic heterocycles. The number of piperidine rings is 1. The lowest BCUT2D eigenvalue weighted by Crippen LogP contribution is -2.35. The van der Waals surface area contributed by atoms with Crippen LogP contribution in [-0.2, 0) is 6.54 Å². The zero-order valence-electron chi connectivity index (χ0n) is 15.2. The fraction of sp³-hybridized carbons (Fsp3) is 0.500. The first-order valence-corrected chi connectivity index (χ1v) is 9.50. The molecule has 1 N–H and O–H groups in total.